The smallest absolute Gasteiger partial charge is 0.261 e. The van der Waals surface area contributed by atoms with Gasteiger partial charge in [-0.1, -0.05) is 0 Å². The van der Waals surface area contributed by atoms with E-state index in [1.807, 2.05) is 67.5 Å². The maximum absolute atomic E-state index is 13.3. The van der Waals surface area contributed by atoms with Crippen LogP contribution in [-0.2, 0) is 6.42 Å². The quantitative estimate of drug-likeness (QED) is 0.362. The van der Waals surface area contributed by atoms with Gasteiger partial charge in [0.25, 0.3) is 5.91 Å². The van der Waals surface area contributed by atoms with Crippen molar-refractivity contribution in [3.8, 4) is 17.0 Å². The van der Waals surface area contributed by atoms with Crippen molar-refractivity contribution >= 4 is 23.2 Å². The summed E-state index contributed by atoms with van der Waals surface area (Å²) in [7, 11) is 1.78. The summed E-state index contributed by atoms with van der Waals surface area (Å²) in [5.41, 5.74) is 6.54. The zero-order chi connectivity index (χ0) is 25.2. The fourth-order valence-corrected chi connectivity index (χ4v) is 4.50. The van der Waals surface area contributed by atoms with Crippen molar-refractivity contribution in [1.82, 2.24) is 15.0 Å². The summed E-state index contributed by atoms with van der Waals surface area (Å²) >= 11 is 0. The van der Waals surface area contributed by atoms with Crippen molar-refractivity contribution < 1.29 is 9.53 Å². The largest absolute Gasteiger partial charge is 0.493 e. The maximum Gasteiger partial charge on any atom is 0.261 e. The monoisotopic (exact) mass is 479 g/mol. The molecule has 36 heavy (non-hydrogen) atoms. The Kier molecular flexibility index (Phi) is 6.38. The molecule has 1 aromatic carbocycles. The van der Waals surface area contributed by atoms with Crippen LogP contribution in [0.25, 0.3) is 11.3 Å². The van der Waals surface area contributed by atoms with Gasteiger partial charge >= 0.3 is 0 Å². The summed E-state index contributed by atoms with van der Waals surface area (Å²) in [5.74, 6) is 2.11. The molecule has 0 radical (unpaired) electrons. The summed E-state index contributed by atoms with van der Waals surface area (Å²) in [6, 6.07) is 15.9. The van der Waals surface area contributed by atoms with Crippen LogP contribution in [0.3, 0.4) is 0 Å². The highest BCUT2D eigenvalue weighted by molar-refractivity contribution is 6.12. The van der Waals surface area contributed by atoms with Crippen LogP contribution in [0.1, 0.15) is 34.0 Å². The van der Waals surface area contributed by atoms with E-state index in [2.05, 4.69) is 34.0 Å². The summed E-state index contributed by atoms with van der Waals surface area (Å²) in [6.07, 6.45) is 6.03. The number of aromatic nitrogens is 3. The molecule has 0 N–H and O–H groups in total. The number of nitrogens with zero attached hydrogens (tertiary/aromatic N) is 5. The first kappa shape index (κ1) is 23.5. The molecule has 1 aliphatic heterocycles. The number of hydrogen-bond acceptors (Lipinski definition) is 6. The van der Waals surface area contributed by atoms with Crippen LogP contribution < -0.4 is 14.5 Å². The number of rotatable bonds is 6. The van der Waals surface area contributed by atoms with E-state index in [1.165, 1.54) is 5.56 Å². The fourth-order valence-electron chi connectivity index (χ4n) is 4.50. The highest BCUT2D eigenvalue weighted by Crippen LogP contribution is 2.37. The van der Waals surface area contributed by atoms with Gasteiger partial charge in [0, 0.05) is 44.2 Å². The molecule has 0 saturated heterocycles. The number of carbonyl (C=O) groups excluding carboxylic acids is 1. The molecule has 0 spiro atoms. The summed E-state index contributed by atoms with van der Waals surface area (Å²) in [6.45, 7) is 7.27. The number of pyridine rings is 3. The number of fused-ring (bicyclic) bond motifs is 2. The van der Waals surface area contributed by atoms with Gasteiger partial charge < -0.3 is 14.5 Å². The molecule has 0 aliphatic carbocycles. The van der Waals surface area contributed by atoms with E-state index in [-0.39, 0.29) is 5.91 Å². The molecule has 4 aromatic rings. The van der Waals surface area contributed by atoms with Crippen LogP contribution in [0.15, 0.2) is 67.1 Å². The minimum Gasteiger partial charge on any atom is -0.493 e. The normalized spacial score (nSPS) is 12.7. The molecule has 1 aliphatic rings. The Labute approximate surface area is 211 Å². The molecule has 182 valence electrons. The molecule has 7 nitrogen and oxygen atoms in total. The zero-order valence-electron chi connectivity index (χ0n) is 21.0. The third-order valence-electron chi connectivity index (χ3n) is 6.45. The Morgan fingerprint density at radius 2 is 1.81 bits per heavy atom. The molecule has 1 amide bonds. The minimum absolute atomic E-state index is 0.0957. The summed E-state index contributed by atoms with van der Waals surface area (Å²) in [5, 5.41) is 0. The molecule has 0 fully saturated rings. The third-order valence-corrected chi connectivity index (χ3v) is 6.45. The zero-order valence-corrected chi connectivity index (χ0v) is 21.0. The van der Waals surface area contributed by atoms with Crippen molar-refractivity contribution in [2.24, 2.45) is 0 Å². The van der Waals surface area contributed by atoms with Gasteiger partial charge in [0.1, 0.15) is 11.6 Å². The van der Waals surface area contributed by atoms with Gasteiger partial charge in [-0.15, -0.1) is 0 Å². The van der Waals surface area contributed by atoms with Gasteiger partial charge in [0.15, 0.2) is 5.82 Å². The predicted molar refractivity (Wildman–Crippen MR) is 142 cm³/mol. The Balaban J connectivity index is 1.32. The number of benzene rings is 1. The Bertz CT molecular complexity index is 1440. The van der Waals surface area contributed by atoms with E-state index >= 15 is 0 Å². The van der Waals surface area contributed by atoms with Crippen molar-refractivity contribution in [1.29, 1.82) is 0 Å². The molecular formula is C29H29N5O2. The lowest BCUT2D eigenvalue weighted by atomic mass is 10.1. The number of carbonyl (C=O) groups is 1. The van der Waals surface area contributed by atoms with Crippen LogP contribution in [0, 0.1) is 13.8 Å². The number of anilines is 3. The second kappa shape index (κ2) is 9.77. The van der Waals surface area contributed by atoms with E-state index in [4.69, 9.17) is 4.74 Å². The SMILES string of the molecule is CCN1c2ncc(CCOc3ccc(-c4cc(C)ccn4)cc3C)cc2C(=O)N(C)c2cccnc21. The number of ether oxygens (including phenoxy) is 1. The van der Waals surface area contributed by atoms with Gasteiger partial charge in [-0.05, 0) is 86.0 Å². The number of aryl methyl sites for hydroxylation is 2. The lowest BCUT2D eigenvalue weighted by molar-refractivity contribution is 0.0994. The molecule has 0 saturated carbocycles. The second-order valence-electron chi connectivity index (χ2n) is 8.97. The number of hydrogen-bond donors (Lipinski definition) is 0. The van der Waals surface area contributed by atoms with Crippen molar-refractivity contribution in [2.75, 3.05) is 30.0 Å². The Morgan fingerprint density at radius 3 is 2.58 bits per heavy atom. The molecule has 3 aromatic heterocycles. The van der Waals surface area contributed by atoms with Crippen LogP contribution in [0.5, 0.6) is 5.75 Å². The van der Waals surface area contributed by atoms with E-state index in [1.54, 1.807) is 18.1 Å². The standard InChI is InChI=1S/C29H29N5O2/c1-5-34-27-23(29(35)33(4)25-7-6-12-31-28(25)34)17-21(18-32-27)11-14-36-26-9-8-22(16-20(26)3)24-15-19(2)10-13-30-24/h6-10,12-13,15-18H,5,11,14H2,1-4H3. The lowest BCUT2D eigenvalue weighted by Crippen LogP contribution is -2.25. The Morgan fingerprint density at radius 1 is 0.944 bits per heavy atom. The minimum atomic E-state index is -0.0957. The van der Waals surface area contributed by atoms with Gasteiger partial charge in [-0.3, -0.25) is 9.78 Å². The topological polar surface area (TPSA) is 71.5 Å². The average molecular weight is 480 g/mol. The summed E-state index contributed by atoms with van der Waals surface area (Å²) in [4.78, 5) is 30.6. The van der Waals surface area contributed by atoms with E-state index in [9.17, 15) is 4.79 Å². The second-order valence-corrected chi connectivity index (χ2v) is 8.97. The highest BCUT2D eigenvalue weighted by atomic mass is 16.5. The van der Waals surface area contributed by atoms with E-state index in [0.29, 0.717) is 31.0 Å². The van der Waals surface area contributed by atoms with Gasteiger partial charge in [0.2, 0.25) is 0 Å². The van der Waals surface area contributed by atoms with Crippen LogP contribution in [-0.4, -0.2) is 41.1 Å². The predicted octanol–water partition coefficient (Wildman–Crippen LogP) is 5.52. The van der Waals surface area contributed by atoms with Gasteiger partial charge in [-0.25, -0.2) is 9.97 Å². The van der Waals surface area contributed by atoms with Crippen LogP contribution in [0.4, 0.5) is 17.3 Å². The van der Waals surface area contributed by atoms with E-state index < -0.39 is 0 Å². The third kappa shape index (κ3) is 4.40. The lowest BCUT2D eigenvalue weighted by Gasteiger charge is -2.22. The highest BCUT2D eigenvalue weighted by Gasteiger charge is 2.30. The first-order valence-corrected chi connectivity index (χ1v) is 12.1. The Hall–Kier alpha value is -4.26. The van der Waals surface area contributed by atoms with Gasteiger partial charge in [-0.2, -0.15) is 0 Å². The summed E-state index contributed by atoms with van der Waals surface area (Å²) < 4.78 is 6.10. The fraction of sp³-hybridized carbons (Fsp3) is 0.241. The van der Waals surface area contributed by atoms with E-state index in [0.717, 1.165) is 39.6 Å². The number of amides is 1. The molecule has 4 heterocycles. The molecule has 0 unspecified atom stereocenters. The van der Waals surface area contributed by atoms with Crippen LogP contribution >= 0.6 is 0 Å². The van der Waals surface area contributed by atoms with Crippen LogP contribution in [0.2, 0.25) is 0 Å². The molecule has 7 heteroatoms. The maximum atomic E-state index is 13.3. The first-order valence-electron chi connectivity index (χ1n) is 12.1. The molecule has 0 atom stereocenters. The van der Waals surface area contributed by atoms with Gasteiger partial charge in [0.05, 0.1) is 23.6 Å². The average Bonchev–Trinajstić information content (AvgIpc) is 2.98. The molecule has 0 bridgehead atoms. The van der Waals surface area contributed by atoms with Crippen molar-refractivity contribution in [3.63, 3.8) is 0 Å². The first-order chi connectivity index (χ1) is 17.5. The van der Waals surface area contributed by atoms with Crippen molar-refractivity contribution in [3.05, 3.63) is 89.4 Å². The molecule has 5 rings (SSSR count). The van der Waals surface area contributed by atoms with Crippen molar-refractivity contribution in [2.45, 2.75) is 27.2 Å². The molecular weight excluding hydrogens is 450 g/mol.